The highest BCUT2D eigenvalue weighted by molar-refractivity contribution is 6.32. The van der Waals surface area contributed by atoms with E-state index in [1.54, 1.807) is 0 Å². The van der Waals surface area contributed by atoms with E-state index in [9.17, 15) is 0 Å². The van der Waals surface area contributed by atoms with Gasteiger partial charge in [-0.2, -0.15) is 0 Å². The highest BCUT2D eigenvalue weighted by atomic mass is 35.5. The van der Waals surface area contributed by atoms with Gasteiger partial charge in [0.25, 0.3) is 0 Å². The third-order valence-electron chi connectivity index (χ3n) is 34.6. The molecule has 1 saturated carbocycles. The molecule has 10 atom stereocenters. The van der Waals surface area contributed by atoms with Crippen LogP contribution in [0.2, 0.25) is 15.1 Å². The first-order valence-electron chi connectivity index (χ1n) is 55.2. The van der Waals surface area contributed by atoms with Crippen molar-refractivity contribution in [3.05, 3.63) is 279 Å². The van der Waals surface area contributed by atoms with Crippen molar-refractivity contribution in [2.24, 2.45) is 0 Å². The molecule has 28 nitrogen and oxygen atoms in total. The van der Waals surface area contributed by atoms with Gasteiger partial charge < -0.3 is 58.8 Å². The predicted molar refractivity (Wildman–Crippen MR) is 603 cm³/mol. The maximum Gasteiger partial charge on any atom is 0.127 e. The lowest BCUT2D eigenvalue weighted by molar-refractivity contribution is 0.101. The number of likely N-dealkylation sites (N-methyl/N-ethyl adjacent to an activating group) is 2. The number of halogens is 3. The lowest BCUT2D eigenvalue weighted by atomic mass is 9.92. The average Bonchev–Trinajstić information content (AvgIpc) is 1.60. The SMILES string of the molecule is CN1CCC(n2c([C@H]3CCC[C@@H](c4ncccc4Cl)N3)nc3ccccc32)CC1.CN1CCC(n2c([C@H]3CCC[C@@H](c4ncccc4Cl)N3C)nc3ccccc32)CC1.CN1CCN(c2cccc3[nH]c([C@H]4CCC[C@@H](c5ncccc5Cl)N4)nc23)CC12CC2.Cc1cccnc1[C@@H]1CCC[C@H](c2nc3c(N4CCN(C)CC4)cccc3[nH]2)N1C.Cc1cccnc1[C@@H]1CCC[C@H](c2nc3c(N4CCNCC4)cccc3[nH]2)N1C. The summed E-state index contributed by atoms with van der Waals surface area (Å²) in [6.45, 7) is 20.6. The topological polar surface area (TPSA) is 255 Å². The summed E-state index contributed by atoms with van der Waals surface area (Å²) in [6, 6.07) is 60.2. The van der Waals surface area contributed by atoms with Gasteiger partial charge in [-0.3, -0.25) is 55.2 Å². The number of imidazole rings is 5. The molecule has 5 aromatic carbocycles. The number of aromatic amines is 3. The Bertz CT molecular complexity index is 7050. The van der Waals surface area contributed by atoms with Crippen molar-refractivity contribution >= 4 is 107 Å². The molecule has 20 heterocycles. The lowest BCUT2D eigenvalue weighted by Gasteiger charge is -2.41. The Hall–Kier alpha value is -10.9. The molecule has 0 unspecified atom stereocenters. The van der Waals surface area contributed by atoms with Crippen molar-refractivity contribution in [2.45, 2.75) is 227 Å². The van der Waals surface area contributed by atoms with Crippen molar-refractivity contribution in [1.29, 1.82) is 0 Å². The van der Waals surface area contributed by atoms with Crippen LogP contribution in [0.4, 0.5) is 17.1 Å². The van der Waals surface area contributed by atoms with E-state index in [0.717, 1.165) is 275 Å². The number of aromatic nitrogens is 15. The van der Waals surface area contributed by atoms with Crippen LogP contribution in [-0.4, -0.2) is 261 Å². The number of hydrogen-bond donors (Lipinski definition) is 6. The number of piperazine rings is 3. The maximum atomic E-state index is 6.53. The summed E-state index contributed by atoms with van der Waals surface area (Å²) in [7, 11) is 15.6. The number of nitrogens with one attached hydrogen (secondary N) is 6. The quantitative estimate of drug-likeness (QED) is 0.0558. The van der Waals surface area contributed by atoms with E-state index >= 15 is 0 Å². The number of H-pyrrole nitrogens is 3. The number of fused-ring (bicyclic) bond motifs is 5. The minimum Gasteiger partial charge on any atom is -0.367 e. The third kappa shape index (κ3) is 22.0. The van der Waals surface area contributed by atoms with E-state index in [4.69, 9.17) is 69.7 Å². The van der Waals surface area contributed by atoms with E-state index in [1.165, 1.54) is 114 Å². The molecule has 10 aromatic heterocycles. The van der Waals surface area contributed by atoms with E-state index in [1.807, 2.05) is 79.5 Å². The van der Waals surface area contributed by atoms with Crippen LogP contribution in [0, 0.1) is 13.8 Å². The Balaban J connectivity index is 0.000000105. The first kappa shape index (κ1) is 103. The third-order valence-corrected chi connectivity index (χ3v) is 35.5. The van der Waals surface area contributed by atoms with Crippen molar-refractivity contribution in [2.75, 3.05) is 162 Å². The van der Waals surface area contributed by atoms with Crippen LogP contribution in [0.25, 0.3) is 55.2 Å². The van der Waals surface area contributed by atoms with Crippen LogP contribution in [0.1, 0.15) is 276 Å². The molecule has 10 saturated heterocycles. The molecule has 26 rings (SSSR count). The normalized spacial score (nSPS) is 24.4. The molecule has 0 amide bonds. The second-order valence-corrected chi connectivity index (χ2v) is 45.2. The molecule has 0 radical (unpaired) electrons. The zero-order valence-corrected chi connectivity index (χ0v) is 90.6. The van der Waals surface area contributed by atoms with Gasteiger partial charge in [0.2, 0.25) is 0 Å². The Labute approximate surface area is 892 Å². The molecule has 11 aliphatic rings. The Kier molecular flexibility index (Phi) is 31.6. The number of likely N-dealkylation sites (tertiary alicyclic amines) is 5. The van der Waals surface area contributed by atoms with E-state index in [-0.39, 0.29) is 42.3 Å². The lowest BCUT2D eigenvalue weighted by Crippen LogP contribution is -2.53. The molecular weight excluding hydrogens is 1920 g/mol. The molecule has 15 aromatic rings. The summed E-state index contributed by atoms with van der Waals surface area (Å²) < 4.78 is 5.09. The number of piperidine rings is 7. The minimum absolute atomic E-state index is 0.160. The van der Waals surface area contributed by atoms with Gasteiger partial charge in [0.15, 0.2) is 0 Å². The van der Waals surface area contributed by atoms with Gasteiger partial charge >= 0.3 is 0 Å². The van der Waals surface area contributed by atoms with E-state index in [2.05, 4.69) is 282 Å². The molecule has 1 spiro atoms. The first-order chi connectivity index (χ1) is 72.8. The van der Waals surface area contributed by atoms with Gasteiger partial charge in [0.1, 0.15) is 45.7 Å². The summed E-state index contributed by atoms with van der Waals surface area (Å²) in [5.41, 5.74) is 23.5. The van der Waals surface area contributed by atoms with Gasteiger partial charge in [-0.05, 0) is 345 Å². The number of aryl methyl sites for hydroxylation is 2. The smallest absolute Gasteiger partial charge is 0.127 e. The van der Waals surface area contributed by atoms with Gasteiger partial charge in [-0.15, -0.1) is 0 Å². The van der Waals surface area contributed by atoms with Crippen molar-refractivity contribution in [3.63, 3.8) is 0 Å². The van der Waals surface area contributed by atoms with Crippen LogP contribution in [0.5, 0.6) is 0 Å². The number of nitrogens with zero attached hydrogens (tertiary/aromatic N) is 22. The number of para-hydroxylation sites is 7. The summed E-state index contributed by atoms with van der Waals surface area (Å²) in [6.07, 6.45) is 33.5. The average molecular weight is 2070 g/mol. The van der Waals surface area contributed by atoms with Gasteiger partial charge in [0, 0.05) is 121 Å². The Morgan fingerprint density at radius 3 is 1.17 bits per heavy atom. The highest BCUT2D eigenvalue weighted by Gasteiger charge is 2.50. The van der Waals surface area contributed by atoms with Gasteiger partial charge in [-0.25, -0.2) is 24.9 Å². The van der Waals surface area contributed by atoms with Crippen molar-refractivity contribution < 1.29 is 0 Å². The summed E-state index contributed by atoms with van der Waals surface area (Å²) in [5.74, 6) is 5.59. The standard InChI is InChI=1S/C24H29ClN6.C24H30ClN5.C24H32N6.C23H28ClN5.C23H30N6/c1-30-13-14-31(15-24(30)10-11-24)20-9-3-7-18-22(20)29-23(28-18)19-8-2-6-17(27-19)21-16(25)5-4-12-26-21;1-28-15-12-17(13-16-28)30-20-9-4-3-8-19(20)27-24(30)22-11-5-10-21(29(22)2)23-18(25)7-6-14-26-23;1-17-7-6-12-25-22(17)19-9-5-11-21(29(19)3)24-26-18-8-4-10-20(23(18)27-24)30-15-13-28(2)14-16-30;1-28-14-11-16(12-15-28)29-21-10-3-2-7-18(21)27-23(29)20-9-4-8-19(26-20)22-17(24)6-5-13-25-22;1-16-6-5-11-25-21(16)18-8-4-10-20(28(18)2)23-26-17-7-3-9-19(22(17)27-23)29-14-12-24-13-15-29/h3-5,7,9,12,17,19,27H,2,6,8,10-11,13-15H2,1H3,(H,28,29);3-4,6-9,14,17,21-22H,5,10-13,15-16H2,1-2H3;4,6-8,10,12,19,21H,5,9,11,13-16H2,1-3H3,(H,26,27);2-3,5-7,10,13,16,19-20,26H,4,8-9,11-12,14-15H2,1H3;3,5-7,9,11,18,20,24H,4,8,10,12-15H2,1-2H3,(H,26,27)/t17-,19+;21-,22+;19-,21+;19-,20+;18-,20+/m00000/s1. The van der Waals surface area contributed by atoms with Crippen LogP contribution in [-0.2, 0) is 0 Å². The molecule has 1 aliphatic carbocycles. The van der Waals surface area contributed by atoms with Gasteiger partial charge in [-0.1, -0.05) is 89.4 Å². The minimum atomic E-state index is 0.160. The zero-order valence-electron chi connectivity index (χ0n) is 88.3. The number of hydrogen-bond acceptors (Lipinski definition) is 23. The number of anilines is 3. The number of benzene rings is 5. The van der Waals surface area contributed by atoms with E-state index in [0.29, 0.717) is 35.7 Å². The summed E-state index contributed by atoms with van der Waals surface area (Å²) >= 11 is 19.4. The Morgan fingerprint density at radius 1 is 0.309 bits per heavy atom. The molecule has 6 N–H and O–H groups in total. The second-order valence-electron chi connectivity index (χ2n) is 44.0. The van der Waals surface area contributed by atoms with Crippen LogP contribution in [0.3, 0.4) is 0 Å². The maximum absolute atomic E-state index is 6.53. The van der Waals surface area contributed by atoms with Crippen LogP contribution >= 0.6 is 34.8 Å². The zero-order chi connectivity index (χ0) is 102. The van der Waals surface area contributed by atoms with Crippen LogP contribution in [0.15, 0.2) is 195 Å². The molecule has 31 heteroatoms. The molecule has 782 valence electrons. The molecule has 10 aliphatic heterocycles. The van der Waals surface area contributed by atoms with Crippen molar-refractivity contribution in [1.82, 2.24) is 124 Å². The summed E-state index contributed by atoms with van der Waals surface area (Å²) in [4.78, 5) is 84.5. The monoisotopic (exact) mass is 2060 g/mol. The summed E-state index contributed by atoms with van der Waals surface area (Å²) in [5, 5.41) is 13.3. The molecule has 0 bridgehead atoms. The van der Waals surface area contributed by atoms with Crippen LogP contribution < -0.4 is 30.7 Å². The molecule has 149 heavy (non-hydrogen) atoms. The Morgan fingerprint density at radius 2 is 0.685 bits per heavy atom. The number of rotatable bonds is 15. The first-order valence-corrected chi connectivity index (χ1v) is 56.4. The molecular formula is C118H149Cl3N28. The second kappa shape index (κ2) is 45.9. The largest absolute Gasteiger partial charge is 0.367 e. The fourth-order valence-corrected chi connectivity index (χ4v) is 26.6. The fourth-order valence-electron chi connectivity index (χ4n) is 25.9. The number of pyridine rings is 5. The predicted octanol–water partition coefficient (Wildman–Crippen LogP) is 22.1. The van der Waals surface area contributed by atoms with Gasteiger partial charge in [0.05, 0.1) is 160 Å². The van der Waals surface area contributed by atoms with Crippen molar-refractivity contribution in [3.8, 4) is 0 Å². The fraction of sp³-hybridized carbons (Fsp3) is 0.492. The van der Waals surface area contributed by atoms with E-state index < -0.39 is 0 Å². The highest BCUT2D eigenvalue weighted by Crippen LogP contribution is 2.50. The molecule has 11 fully saturated rings.